The predicted octanol–water partition coefficient (Wildman–Crippen LogP) is 5.18. The van der Waals surface area contributed by atoms with Crippen LogP contribution in [0.2, 0.25) is 10.0 Å². The largest absolute Gasteiger partial charge is 0.416 e. The molecule has 0 spiro atoms. The Hall–Kier alpha value is -2.29. The number of halogens is 5. The molecule has 0 radical (unpaired) electrons. The van der Waals surface area contributed by atoms with E-state index in [4.69, 9.17) is 32.8 Å². The highest BCUT2D eigenvalue weighted by Crippen LogP contribution is 2.30. The SMILES string of the molecule is COCC(=O)N(Cc1cccc(C(F)(F)F)c1)C[C@@H]1CC(c2ccc(Cl)c(Cl)c2)=NO1. The summed E-state index contributed by atoms with van der Waals surface area (Å²) in [6.07, 6.45) is -4.53. The standard InChI is InChI=1S/C21H19Cl2F3N2O3/c1-30-12-20(29)28(10-13-3-2-4-15(7-13)21(24,25)26)11-16-9-19(27-31-16)14-5-6-17(22)18(23)8-14/h2-8,16H,9-12H2,1H3/t16-/m0/s1. The molecule has 0 fully saturated rings. The number of carbonyl (C=O) groups is 1. The molecule has 31 heavy (non-hydrogen) atoms. The summed E-state index contributed by atoms with van der Waals surface area (Å²) in [5.41, 5.74) is 0.959. The fourth-order valence-electron chi connectivity index (χ4n) is 3.15. The van der Waals surface area contributed by atoms with Crippen LogP contribution in [0.4, 0.5) is 13.2 Å². The summed E-state index contributed by atoms with van der Waals surface area (Å²) in [5, 5.41) is 4.86. The summed E-state index contributed by atoms with van der Waals surface area (Å²) in [7, 11) is 1.37. The maximum Gasteiger partial charge on any atom is 0.416 e. The highest BCUT2D eigenvalue weighted by atomic mass is 35.5. The van der Waals surface area contributed by atoms with Gasteiger partial charge in [0.15, 0.2) is 6.10 Å². The van der Waals surface area contributed by atoms with Gasteiger partial charge in [-0.3, -0.25) is 4.79 Å². The molecule has 0 aliphatic carbocycles. The Morgan fingerprint density at radius 1 is 1.23 bits per heavy atom. The number of alkyl halides is 3. The van der Waals surface area contributed by atoms with E-state index < -0.39 is 17.8 Å². The van der Waals surface area contributed by atoms with Crippen molar-refractivity contribution < 1.29 is 27.5 Å². The molecule has 1 amide bonds. The van der Waals surface area contributed by atoms with Gasteiger partial charge >= 0.3 is 6.18 Å². The maximum absolute atomic E-state index is 13.0. The molecule has 166 valence electrons. The molecule has 1 aliphatic rings. The molecule has 2 aromatic carbocycles. The van der Waals surface area contributed by atoms with Gasteiger partial charge in [-0.25, -0.2) is 0 Å². The number of nitrogens with zero attached hydrogens (tertiary/aromatic N) is 2. The Balaban J connectivity index is 1.71. The van der Waals surface area contributed by atoms with Crippen molar-refractivity contribution in [2.75, 3.05) is 20.3 Å². The van der Waals surface area contributed by atoms with E-state index in [9.17, 15) is 18.0 Å². The third-order valence-electron chi connectivity index (χ3n) is 4.66. The van der Waals surface area contributed by atoms with E-state index in [1.54, 1.807) is 18.2 Å². The van der Waals surface area contributed by atoms with Gasteiger partial charge < -0.3 is 14.5 Å². The molecule has 0 unspecified atom stereocenters. The van der Waals surface area contributed by atoms with Crippen LogP contribution in [0.5, 0.6) is 0 Å². The van der Waals surface area contributed by atoms with Crippen LogP contribution in [-0.2, 0) is 27.1 Å². The second-order valence-corrected chi connectivity index (χ2v) is 7.82. The second kappa shape index (κ2) is 9.89. The molecule has 0 saturated carbocycles. The van der Waals surface area contributed by atoms with Gasteiger partial charge in [0.2, 0.25) is 5.91 Å². The van der Waals surface area contributed by atoms with Gasteiger partial charge in [-0.15, -0.1) is 0 Å². The minimum absolute atomic E-state index is 0.0198. The van der Waals surface area contributed by atoms with Gasteiger partial charge in [0.1, 0.15) is 6.61 Å². The summed E-state index contributed by atoms with van der Waals surface area (Å²) in [5.74, 6) is -0.369. The van der Waals surface area contributed by atoms with Crippen LogP contribution in [0, 0.1) is 0 Å². The quantitative estimate of drug-likeness (QED) is 0.555. The maximum atomic E-state index is 13.0. The summed E-state index contributed by atoms with van der Waals surface area (Å²) >= 11 is 12.0. The highest BCUT2D eigenvalue weighted by molar-refractivity contribution is 6.42. The summed E-state index contributed by atoms with van der Waals surface area (Å²) in [4.78, 5) is 19.4. The third kappa shape index (κ3) is 6.12. The molecule has 1 heterocycles. The minimum atomic E-state index is -4.46. The van der Waals surface area contributed by atoms with Crippen LogP contribution in [0.15, 0.2) is 47.6 Å². The van der Waals surface area contributed by atoms with E-state index in [0.717, 1.165) is 17.7 Å². The Morgan fingerprint density at radius 2 is 2.00 bits per heavy atom. The lowest BCUT2D eigenvalue weighted by Gasteiger charge is -2.25. The number of rotatable bonds is 7. The molecule has 0 aromatic heterocycles. The molecular weight excluding hydrogens is 456 g/mol. The normalized spacial score (nSPS) is 16.1. The van der Waals surface area contributed by atoms with Crippen LogP contribution in [0.25, 0.3) is 0 Å². The van der Waals surface area contributed by atoms with Gasteiger partial charge in [-0.1, -0.05) is 46.6 Å². The van der Waals surface area contributed by atoms with E-state index in [-0.39, 0.29) is 25.6 Å². The average Bonchev–Trinajstić information content (AvgIpc) is 3.18. The fraction of sp³-hybridized carbons (Fsp3) is 0.333. The molecule has 0 bridgehead atoms. The molecule has 2 aromatic rings. The minimum Gasteiger partial charge on any atom is -0.390 e. The van der Waals surface area contributed by atoms with Crippen LogP contribution in [0.3, 0.4) is 0 Å². The van der Waals surface area contributed by atoms with Crippen molar-refractivity contribution in [2.45, 2.75) is 25.2 Å². The fourth-order valence-corrected chi connectivity index (χ4v) is 3.45. The Labute approximate surface area is 187 Å². The number of ether oxygens (including phenoxy) is 1. The molecule has 0 N–H and O–H groups in total. The van der Waals surface area contributed by atoms with E-state index in [0.29, 0.717) is 27.7 Å². The number of methoxy groups -OCH3 is 1. The smallest absolute Gasteiger partial charge is 0.390 e. The van der Waals surface area contributed by atoms with E-state index in [1.807, 2.05) is 0 Å². The number of oxime groups is 1. The second-order valence-electron chi connectivity index (χ2n) is 7.00. The molecule has 10 heteroatoms. The Kier molecular flexibility index (Phi) is 7.46. The summed E-state index contributed by atoms with van der Waals surface area (Å²) in [6.45, 7) is -0.0902. The molecule has 3 rings (SSSR count). The van der Waals surface area contributed by atoms with Crippen molar-refractivity contribution >= 4 is 34.8 Å². The number of benzene rings is 2. The van der Waals surface area contributed by atoms with E-state index in [1.165, 1.54) is 24.1 Å². The Morgan fingerprint density at radius 3 is 2.68 bits per heavy atom. The average molecular weight is 475 g/mol. The number of hydrogen-bond acceptors (Lipinski definition) is 4. The molecule has 0 saturated heterocycles. The summed E-state index contributed by atoms with van der Waals surface area (Å²) in [6, 6.07) is 9.95. The first-order valence-corrected chi connectivity index (χ1v) is 10.0. The lowest BCUT2D eigenvalue weighted by Crippen LogP contribution is -2.39. The van der Waals surface area contributed by atoms with Crippen LogP contribution < -0.4 is 0 Å². The number of amides is 1. The zero-order valence-corrected chi connectivity index (χ0v) is 18.0. The van der Waals surface area contributed by atoms with Gasteiger partial charge in [0.25, 0.3) is 0 Å². The van der Waals surface area contributed by atoms with Crippen molar-refractivity contribution in [1.82, 2.24) is 4.90 Å². The molecule has 5 nitrogen and oxygen atoms in total. The number of carbonyl (C=O) groups excluding carboxylic acids is 1. The predicted molar refractivity (Wildman–Crippen MR) is 111 cm³/mol. The zero-order chi connectivity index (χ0) is 22.6. The van der Waals surface area contributed by atoms with Gasteiger partial charge in [0, 0.05) is 25.6 Å². The van der Waals surface area contributed by atoms with Gasteiger partial charge in [0.05, 0.1) is 27.9 Å². The summed E-state index contributed by atoms with van der Waals surface area (Å²) < 4.78 is 44.0. The van der Waals surface area contributed by atoms with E-state index in [2.05, 4.69) is 5.16 Å². The van der Waals surface area contributed by atoms with Gasteiger partial charge in [-0.05, 0) is 29.8 Å². The van der Waals surface area contributed by atoms with Crippen molar-refractivity contribution in [2.24, 2.45) is 5.16 Å². The van der Waals surface area contributed by atoms with Crippen LogP contribution >= 0.6 is 23.2 Å². The Bertz CT molecular complexity index is 983. The lowest BCUT2D eigenvalue weighted by atomic mass is 10.0. The first kappa shape index (κ1) is 23.4. The van der Waals surface area contributed by atoms with Crippen LogP contribution in [-0.4, -0.2) is 42.9 Å². The monoisotopic (exact) mass is 474 g/mol. The van der Waals surface area contributed by atoms with Crippen molar-refractivity contribution in [3.63, 3.8) is 0 Å². The highest BCUT2D eigenvalue weighted by Gasteiger charge is 2.31. The topological polar surface area (TPSA) is 51.1 Å². The zero-order valence-electron chi connectivity index (χ0n) is 16.5. The molecule has 1 aliphatic heterocycles. The van der Waals surface area contributed by atoms with Crippen LogP contribution in [0.1, 0.15) is 23.1 Å². The molecule has 1 atom stereocenters. The lowest BCUT2D eigenvalue weighted by molar-refractivity contribution is -0.137. The van der Waals surface area contributed by atoms with Crippen molar-refractivity contribution in [1.29, 1.82) is 0 Å². The molecular formula is C21H19Cl2F3N2O3. The van der Waals surface area contributed by atoms with E-state index >= 15 is 0 Å². The van der Waals surface area contributed by atoms with Gasteiger partial charge in [-0.2, -0.15) is 13.2 Å². The van der Waals surface area contributed by atoms with Crippen molar-refractivity contribution in [3.05, 3.63) is 69.2 Å². The van der Waals surface area contributed by atoms with Crippen molar-refractivity contribution in [3.8, 4) is 0 Å². The number of hydrogen-bond donors (Lipinski definition) is 0. The first-order chi connectivity index (χ1) is 14.7. The third-order valence-corrected chi connectivity index (χ3v) is 5.40. The first-order valence-electron chi connectivity index (χ1n) is 9.28.